The first-order valence-corrected chi connectivity index (χ1v) is 10.5. The van der Waals surface area contributed by atoms with Crippen molar-refractivity contribution in [3.05, 3.63) is 53.6 Å². The molecular formula is C24H27N5O4. The number of nitriles is 2. The summed E-state index contributed by atoms with van der Waals surface area (Å²) in [6, 6.07) is 15.0. The highest BCUT2D eigenvalue weighted by atomic mass is 16.6. The molecule has 0 bridgehead atoms. The van der Waals surface area contributed by atoms with Gasteiger partial charge in [0.15, 0.2) is 0 Å². The SMILES string of the molecule is CCC(CCC#N)OC(=O)N[C@@H](C)c1cccc(NC(=O)Nc2ccc(C#N)c(OC)c2)c1. The lowest BCUT2D eigenvalue weighted by molar-refractivity contribution is 0.0886. The van der Waals surface area contributed by atoms with E-state index in [1.54, 1.807) is 43.3 Å². The summed E-state index contributed by atoms with van der Waals surface area (Å²) in [5.74, 6) is 0.363. The van der Waals surface area contributed by atoms with Crippen LogP contribution in [0.1, 0.15) is 50.3 Å². The highest BCUT2D eigenvalue weighted by Gasteiger charge is 2.16. The van der Waals surface area contributed by atoms with E-state index in [4.69, 9.17) is 20.0 Å². The van der Waals surface area contributed by atoms with E-state index in [2.05, 4.69) is 16.0 Å². The fraction of sp³-hybridized carbons (Fsp3) is 0.333. The number of carbonyl (C=O) groups is 2. The van der Waals surface area contributed by atoms with Crippen LogP contribution in [0.25, 0.3) is 0 Å². The number of nitrogens with zero attached hydrogens (tertiary/aromatic N) is 2. The van der Waals surface area contributed by atoms with Crippen molar-refractivity contribution in [2.24, 2.45) is 0 Å². The molecule has 2 rings (SSSR count). The number of anilines is 2. The van der Waals surface area contributed by atoms with Gasteiger partial charge >= 0.3 is 12.1 Å². The van der Waals surface area contributed by atoms with Crippen LogP contribution in [0.15, 0.2) is 42.5 Å². The van der Waals surface area contributed by atoms with Crippen LogP contribution in [0, 0.1) is 22.7 Å². The molecule has 0 spiro atoms. The molecule has 172 valence electrons. The molecule has 1 unspecified atom stereocenters. The Morgan fingerprint density at radius 3 is 2.45 bits per heavy atom. The first-order chi connectivity index (χ1) is 15.9. The maximum absolute atomic E-state index is 12.4. The van der Waals surface area contributed by atoms with Gasteiger partial charge in [-0.1, -0.05) is 19.1 Å². The molecule has 0 aliphatic rings. The van der Waals surface area contributed by atoms with Crippen molar-refractivity contribution >= 4 is 23.5 Å². The minimum Gasteiger partial charge on any atom is -0.495 e. The monoisotopic (exact) mass is 449 g/mol. The Bertz CT molecular complexity index is 1060. The van der Waals surface area contributed by atoms with Gasteiger partial charge in [-0.15, -0.1) is 0 Å². The molecule has 0 aliphatic heterocycles. The maximum Gasteiger partial charge on any atom is 0.407 e. The minimum absolute atomic E-state index is 0.311. The van der Waals surface area contributed by atoms with Gasteiger partial charge < -0.3 is 25.4 Å². The van der Waals surface area contributed by atoms with Gasteiger partial charge in [0.25, 0.3) is 0 Å². The second-order valence-corrected chi connectivity index (χ2v) is 7.23. The Morgan fingerprint density at radius 1 is 1.09 bits per heavy atom. The minimum atomic E-state index is -0.557. The lowest BCUT2D eigenvalue weighted by Gasteiger charge is -2.19. The Morgan fingerprint density at radius 2 is 1.82 bits per heavy atom. The molecule has 2 atom stereocenters. The van der Waals surface area contributed by atoms with Crippen LogP contribution >= 0.6 is 0 Å². The third-order valence-electron chi connectivity index (χ3n) is 4.87. The number of urea groups is 1. The lowest BCUT2D eigenvalue weighted by Crippen LogP contribution is -2.31. The third kappa shape index (κ3) is 7.75. The average molecular weight is 450 g/mol. The van der Waals surface area contributed by atoms with E-state index in [0.29, 0.717) is 42.0 Å². The van der Waals surface area contributed by atoms with E-state index in [0.717, 1.165) is 5.56 Å². The summed E-state index contributed by atoms with van der Waals surface area (Å²) in [5, 5.41) is 26.0. The highest BCUT2D eigenvalue weighted by molar-refractivity contribution is 6.00. The van der Waals surface area contributed by atoms with E-state index in [-0.39, 0.29) is 12.1 Å². The first-order valence-electron chi connectivity index (χ1n) is 10.5. The second-order valence-electron chi connectivity index (χ2n) is 7.23. The number of carbonyl (C=O) groups excluding carboxylic acids is 2. The number of ether oxygens (including phenoxy) is 2. The predicted octanol–water partition coefficient (Wildman–Crippen LogP) is 5.08. The second kappa shape index (κ2) is 12.6. The van der Waals surface area contributed by atoms with Crippen LogP contribution in [-0.4, -0.2) is 25.3 Å². The molecule has 0 aliphatic carbocycles. The maximum atomic E-state index is 12.4. The van der Waals surface area contributed by atoms with E-state index < -0.39 is 12.1 Å². The average Bonchev–Trinajstić information content (AvgIpc) is 2.81. The molecular weight excluding hydrogens is 422 g/mol. The Labute approximate surface area is 193 Å². The fourth-order valence-electron chi connectivity index (χ4n) is 3.06. The van der Waals surface area contributed by atoms with E-state index in [1.807, 2.05) is 25.1 Å². The smallest absolute Gasteiger partial charge is 0.407 e. The molecule has 0 saturated heterocycles. The predicted molar refractivity (Wildman–Crippen MR) is 124 cm³/mol. The van der Waals surface area contributed by atoms with Crippen molar-refractivity contribution < 1.29 is 19.1 Å². The standard InChI is InChI=1S/C24H27N5O4/c1-4-21(9-6-12-25)33-24(31)27-16(2)17-7-5-8-19(13-17)28-23(30)29-20-11-10-18(15-26)22(14-20)32-3/h5,7-8,10-11,13-14,16,21H,4,6,9H2,1-3H3,(H,27,31)(H2,28,29,30)/t16-,21?/m0/s1. The van der Waals surface area contributed by atoms with Crippen LogP contribution < -0.4 is 20.7 Å². The zero-order chi connectivity index (χ0) is 24.2. The summed E-state index contributed by atoms with van der Waals surface area (Å²) in [6.45, 7) is 3.70. The number of methoxy groups -OCH3 is 1. The number of rotatable bonds is 9. The van der Waals surface area contributed by atoms with E-state index in [9.17, 15) is 9.59 Å². The molecule has 3 amide bonds. The number of amides is 3. The van der Waals surface area contributed by atoms with Crippen LogP contribution in [0.2, 0.25) is 0 Å². The Hall–Kier alpha value is -4.24. The summed E-state index contributed by atoms with van der Waals surface area (Å²) in [4.78, 5) is 24.6. The summed E-state index contributed by atoms with van der Waals surface area (Å²) < 4.78 is 10.5. The van der Waals surface area contributed by atoms with E-state index in [1.165, 1.54) is 7.11 Å². The molecule has 2 aromatic rings. The van der Waals surface area contributed by atoms with Crippen LogP contribution in [0.3, 0.4) is 0 Å². The van der Waals surface area contributed by atoms with Gasteiger partial charge in [0, 0.05) is 23.9 Å². The molecule has 0 aromatic heterocycles. The molecule has 2 aromatic carbocycles. The summed E-state index contributed by atoms with van der Waals surface area (Å²) >= 11 is 0. The van der Waals surface area contributed by atoms with Gasteiger partial charge in [-0.2, -0.15) is 10.5 Å². The molecule has 0 radical (unpaired) electrons. The number of alkyl carbamates (subject to hydrolysis) is 1. The highest BCUT2D eigenvalue weighted by Crippen LogP contribution is 2.23. The number of hydrogen-bond acceptors (Lipinski definition) is 6. The fourth-order valence-corrected chi connectivity index (χ4v) is 3.06. The molecule has 0 heterocycles. The van der Waals surface area contributed by atoms with Gasteiger partial charge in [0.2, 0.25) is 0 Å². The lowest BCUT2D eigenvalue weighted by atomic mass is 10.1. The molecule has 9 nitrogen and oxygen atoms in total. The van der Waals surface area contributed by atoms with Crippen molar-refractivity contribution in [1.29, 1.82) is 10.5 Å². The largest absolute Gasteiger partial charge is 0.495 e. The topological polar surface area (TPSA) is 136 Å². The molecule has 9 heteroatoms. The molecule has 0 fully saturated rings. The van der Waals surface area contributed by atoms with Crippen molar-refractivity contribution in [3.8, 4) is 17.9 Å². The summed E-state index contributed by atoms with van der Waals surface area (Å²) in [6.07, 6.45) is 0.580. The van der Waals surface area contributed by atoms with Crippen LogP contribution in [-0.2, 0) is 4.74 Å². The van der Waals surface area contributed by atoms with Crippen molar-refractivity contribution in [3.63, 3.8) is 0 Å². The Balaban J connectivity index is 1.97. The molecule has 3 N–H and O–H groups in total. The normalized spacial score (nSPS) is 11.8. The first kappa shape index (κ1) is 25.0. The third-order valence-corrected chi connectivity index (χ3v) is 4.87. The van der Waals surface area contributed by atoms with Crippen molar-refractivity contribution in [2.45, 2.75) is 45.3 Å². The van der Waals surface area contributed by atoms with Crippen molar-refractivity contribution in [1.82, 2.24) is 5.32 Å². The Kier molecular flexibility index (Phi) is 9.54. The molecule has 0 saturated carbocycles. The zero-order valence-electron chi connectivity index (χ0n) is 18.8. The number of nitrogens with one attached hydrogen (secondary N) is 3. The quantitative estimate of drug-likeness (QED) is 0.488. The van der Waals surface area contributed by atoms with Gasteiger partial charge in [-0.25, -0.2) is 9.59 Å². The van der Waals surface area contributed by atoms with Crippen molar-refractivity contribution in [2.75, 3.05) is 17.7 Å². The van der Waals surface area contributed by atoms with Gasteiger partial charge in [0.1, 0.15) is 17.9 Å². The number of benzene rings is 2. The van der Waals surface area contributed by atoms with Gasteiger partial charge in [-0.05, 0) is 49.6 Å². The van der Waals surface area contributed by atoms with E-state index >= 15 is 0 Å². The summed E-state index contributed by atoms with van der Waals surface area (Å²) in [7, 11) is 1.45. The van der Waals surface area contributed by atoms with Gasteiger partial charge in [0.05, 0.1) is 24.8 Å². The molecule has 33 heavy (non-hydrogen) atoms. The van der Waals surface area contributed by atoms with Gasteiger partial charge in [-0.3, -0.25) is 0 Å². The summed E-state index contributed by atoms with van der Waals surface area (Å²) in [5.41, 5.74) is 2.15. The van der Waals surface area contributed by atoms with Crippen LogP contribution in [0.4, 0.5) is 21.0 Å². The van der Waals surface area contributed by atoms with Crippen LogP contribution in [0.5, 0.6) is 5.75 Å². The zero-order valence-corrected chi connectivity index (χ0v) is 18.8. The number of hydrogen-bond donors (Lipinski definition) is 3.